The molecular weight excluding hydrogens is 498 g/mol. The van der Waals surface area contributed by atoms with Gasteiger partial charge in [-0.15, -0.1) is 0 Å². The fourth-order valence-electron chi connectivity index (χ4n) is 4.16. The van der Waals surface area contributed by atoms with Gasteiger partial charge in [0.15, 0.2) is 11.6 Å². The molecule has 4 N–H and O–H groups in total. The van der Waals surface area contributed by atoms with Gasteiger partial charge in [-0.05, 0) is 24.1 Å². The lowest BCUT2D eigenvalue weighted by Gasteiger charge is -2.11. The maximum atomic E-state index is 12.0. The second-order valence-corrected chi connectivity index (χ2v) is 8.95. The molecule has 11 heteroatoms. The summed E-state index contributed by atoms with van der Waals surface area (Å²) in [5.41, 5.74) is 10.8. The molecule has 39 heavy (non-hydrogen) atoms. The Kier molecular flexibility index (Phi) is 7.21. The summed E-state index contributed by atoms with van der Waals surface area (Å²) in [6.45, 7) is 6.22. The average molecular weight is 526 g/mol. The maximum Gasteiger partial charge on any atom is 0.407 e. The van der Waals surface area contributed by atoms with E-state index >= 15 is 0 Å². The van der Waals surface area contributed by atoms with E-state index in [9.17, 15) is 9.59 Å². The zero-order chi connectivity index (χ0) is 27.4. The van der Waals surface area contributed by atoms with E-state index in [-0.39, 0.29) is 19.1 Å². The van der Waals surface area contributed by atoms with Crippen molar-refractivity contribution in [2.45, 2.75) is 20.0 Å². The molecule has 2 aromatic carbocycles. The molecule has 0 unspecified atom stereocenters. The fourth-order valence-corrected chi connectivity index (χ4v) is 4.16. The number of nitrogens with zero attached hydrogens (tertiary/aromatic N) is 4. The van der Waals surface area contributed by atoms with Crippen molar-refractivity contribution >= 4 is 39.8 Å². The first-order valence-corrected chi connectivity index (χ1v) is 12.3. The van der Waals surface area contributed by atoms with Crippen LogP contribution in [0.25, 0.3) is 33.5 Å². The molecule has 3 heterocycles. The third kappa shape index (κ3) is 5.57. The fraction of sp³-hybridized carbons (Fsp3) is 0.179. The van der Waals surface area contributed by atoms with Crippen LogP contribution in [0.4, 0.5) is 10.6 Å². The van der Waals surface area contributed by atoms with E-state index in [4.69, 9.17) is 20.0 Å². The SMILES string of the molecule is C=C(C)C(=O)NCCOC(=O)NCc1ccc(Cn2c(-c3ccno3)nc3c(N)nc4ccccc4c32)cc1. The summed E-state index contributed by atoms with van der Waals surface area (Å²) < 4.78 is 12.6. The number of fused-ring (bicyclic) bond motifs is 3. The minimum Gasteiger partial charge on any atom is -0.448 e. The Labute approximate surface area is 223 Å². The number of amides is 2. The Hall–Kier alpha value is -5.19. The van der Waals surface area contributed by atoms with Gasteiger partial charge in [-0.3, -0.25) is 4.79 Å². The van der Waals surface area contributed by atoms with Gasteiger partial charge in [0.05, 0.1) is 23.8 Å². The van der Waals surface area contributed by atoms with Crippen molar-refractivity contribution in [2.75, 3.05) is 18.9 Å². The smallest absolute Gasteiger partial charge is 0.407 e. The van der Waals surface area contributed by atoms with Crippen LogP contribution in [0, 0.1) is 0 Å². The number of para-hydroxylation sites is 1. The van der Waals surface area contributed by atoms with Crippen molar-refractivity contribution in [3.63, 3.8) is 0 Å². The quantitative estimate of drug-likeness (QED) is 0.194. The lowest BCUT2D eigenvalue weighted by molar-refractivity contribution is -0.117. The molecule has 0 bridgehead atoms. The van der Waals surface area contributed by atoms with Gasteiger partial charge < -0.3 is 30.2 Å². The van der Waals surface area contributed by atoms with E-state index in [1.165, 1.54) is 0 Å². The van der Waals surface area contributed by atoms with Crippen molar-refractivity contribution in [1.29, 1.82) is 0 Å². The van der Waals surface area contributed by atoms with Crippen molar-refractivity contribution in [3.8, 4) is 11.6 Å². The number of hydrogen-bond acceptors (Lipinski definition) is 8. The van der Waals surface area contributed by atoms with Gasteiger partial charge >= 0.3 is 6.09 Å². The Morgan fingerprint density at radius 2 is 1.82 bits per heavy atom. The lowest BCUT2D eigenvalue weighted by Crippen LogP contribution is -2.31. The monoisotopic (exact) mass is 525 g/mol. The highest BCUT2D eigenvalue weighted by Crippen LogP contribution is 2.33. The van der Waals surface area contributed by atoms with Crippen LogP contribution in [0.1, 0.15) is 18.1 Å². The predicted octanol–water partition coefficient (Wildman–Crippen LogP) is 3.79. The highest BCUT2D eigenvalue weighted by molar-refractivity contribution is 6.07. The van der Waals surface area contributed by atoms with E-state index in [0.717, 1.165) is 27.5 Å². The molecule has 11 nitrogen and oxygen atoms in total. The molecule has 0 fully saturated rings. The average Bonchev–Trinajstić information content (AvgIpc) is 3.59. The van der Waals surface area contributed by atoms with E-state index in [0.29, 0.717) is 41.6 Å². The number of carbonyl (C=O) groups is 2. The molecule has 2 amide bonds. The first-order valence-electron chi connectivity index (χ1n) is 12.3. The van der Waals surface area contributed by atoms with E-state index in [2.05, 4.69) is 27.4 Å². The number of ether oxygens (including phenoxy) is 1. The third-order valence-corrected chi connectivity index (χ3v) is 6.08. The lowest BCUT2D eigenvalue weighted by atomic mass is 10.1. The number of rotatable bonds is 9. The first kappa shape index (κ1) is 25.5. The van der Waals surface area contributed by atoms with Gasteiger partial charge in [0.25, 0.3) is 0 Å². The number of nitrogens with two attached hydrogens (primary N) is 1. The molecule has 0 aliphatic carbocycles. The molecule has 0 saturated carbocycles. The molecule has 0 aliphatic rings. The molecular formula is C28H27N7O4. The number of benzene rings is 2. The second-order valence-electron chi connectivity index (χ2n) is 8.95. The van der Waals surface area contributed by atoms with Gasteiger partial charge in [-0.25, -0.2) is 14.8 Å². The minimum atomic E-state index is -0.566. The Balaban J connectivity index is 1.31. The van der Waals surface area contributed by atoms with Crippen molar-refractivity contribution < 1.29 is 18.8 Å². The van der Waals surface area contributed by atoms with Gasteiger partial charge in [0.1, 0.15) is 12.1 Å². The molecule has 0 spiro atoms. The summed E-state index contributed by atoms with van der Waals surface area (Å²) in [6.07, 6.45) is 1.01. The first-order chi connectivity index (χ1) is 18.9. The van der Waals surface area contributed by atoms with Crippen LogP contribution in [0.15, 0.2) is 77.5 Å². The number of anilines is 1. The summed E-state index contributed by atoms with van der Waals surface area (Å²) >= 11 is 0. The maximum absolute atomic E-state index is 12.0. The number of nitrogens with one attached hydrogen (secondary N) is 2. The van der Waals surface area contributed by atoms with Crippen molar-refractivity contribution in [3.05, 3.63) is 84.1 Å². The molecule has 0 saturated heterocycles. The normalized spacial score (nSPS) is 11.0. The van der Waals surface area contributed by atoms with Gasteiger partial charge in [-0.1, -0.05) is 54.2 Å². The largest absolute Gasteiger partial charge is 0.448 e. The van der Waals surface area contributed by atoms with Crippen LogP contribution < -0.4 is 16.4 Å². The number of aromatic nitrogens is 4. The molecule has 198 valence electrons. The van der Waals surface area contributed by atoms with Crippen LogP contribution in [0.3, 0.4) is 0 Å². The van der Waals surface area contributed by atoms with E-state index < -0.39 is 6.09 Å². The number of nitrogen functional groups attached to an aromatic ring is 1. The van der Waals surface area contributed by atoms with Crippen LogP contribution in [-0.4, -0.2) is 44.8 Å². The highest BCUT2D eigenvalue weighted by atomic mass is 16.5. The van der Waals surface area contributed by atoms with Crippen LogP contribution in [-0.2, 0) is 22.6 Å². The third-order valence-electron chi connectivity index (χ3n) is 6.08. The standard InChI is InChI=1S/C28H27N7O4/c1-17(2)27(36)30-13-14-38-28(37)31-15-18-7-9-19(10-8-18)16-35-24-20-5-3-4-6-21(20)33-25(29)23(24)34-26(35)22-11-12-32-39-22/h3-12H,1,13-16H2,2H3,(H2,29,33)(H,30,36)(H,31,37). The predicted molar refractivity (Wildman–Crippen MR) is 146 cm³/mol. The van der Waals surface area contributed by atoms with Crippen molar-refractivity contribution in [1.82, 2.24) is 30.3 Å². The number of carbonyl (C=O) groups excluding carboxylic acids is 2. The summed E-state index contributed by atoms with van der Waals surface area (Å²) in [6, 6.07) is 17.4. The van der Waals surface area contributed by atoms with Crippen LogP contribution in [0.2, 0.25) is 0 Å². The van der Waals surface area contributed by atoms with Gasteiger partial charge in [0.2, 0.25) is 11.7 Å². The molecule has 0 aliphatic heterocycles. The van der Waals surface area contributed by atoms with Gasteiger partial charge in [0, 0.05) is 30.1 Å². The molecule has 0 radical (unpaired) electrons. The zero-order valence-electron chi connectivity index (χ0n) is 21.3. The van der Waals surface area contributed by atoms with Crippen LogP contribution in [0.5, 0.6) is 0 Å². The Morgan fingerprint density at radius 1 is 1.05 bits per heavy atom. The van der Waals surface area contributed by atoms with E-state index in [1.54, 1.807) is 19.2 Å². The number of pyridine rings is 1. The number of alkyl carbamates (subject to hydrolysis) is 1. The second kappa shape index (κ2) is 11.1. The van der Waals surface area contributed by atoms with Crippen LogP contribution >= 0.6 is 0 Å². The topological polar surface area (TPSA) is 150 Å². The molecule has 5 aromatic rings. The molecule has 3 aromatic heterocycles. The number of imidazole rings is 1. The molecule has 0 atom stereocenters. The summed E-state index contributed by atoms with van der Waals surface area (Å²) in [7, 11) is 0. The highest BCUT2D eigenvalue weighted by Gasteiger charge is 2.20. The Morgan fingerprint density at radius 3 is 2.56 bits per heavy atom. The summed E-state index contributed by atoms with van der Waals surface area (Å²) in [5.74, 6) is 1.19. The summed E-state index contributed by atoms with van der Waals surface area (Å²) in [5, 5.41) is 10.1. The van der Waals surface area contributed by atoms with Gasteiger partial charge in [-0.2, -0.15) is 0 Å². The zero-order valence-corrected chi connectivity index (χ0v) is 21.3. The molecule has 5 rings (SSSR count). The van der Waals surface area contributed by atoms with Crippen molar-refractivity contribution in [2.24, 2.45) is 0 Å². The Bertz CT molecular complexity index is 1660. The minimum absolute atomic E-state index is 0.0604. The summed E-state index contributed by atoms with van der Waals surface area (Å²) in [4.78, 5) is 32.7. The number of hydrogen-bond donors (Lipinski definition) is 3. The van der Waals surface area contributed by atoms with E-state index in [1.807, 2.05) is 53.1 Å².